The summed E-state index contributed by atoms with van der Waals surface area (Å²) >= 11 is 1.98. The van der Waals surface area contributed by atoms with Crippen LogP contribution in [-0.2, 0) is 13.0 Å². The van der Waals surface area contributed by atoms with E-state index >= 15 is 0 Å². The van der Waals surface area contributed by atoms with E-state index in [4.69, 9.17) is 0 Å². The quantitative estimate of drug-likeness (QED) is 0.867. The van der Waals surface area contributed by atoms with Crippen molar-refractivity contribution in [2.75, 3.05) is 19.6 Å². The van der Waals surface area contributed by atoms with E-state index in [0.717, 1.165) is 12.6 Å². The molecule has 0 saturated carbocycles. The zero-order valence-corrected chi connectivity index (χ0v) is 11.9. The van der Waals surface area contributed by atoms with E-state index < -0.39 is 0 Å². The molecule has 0 unspecified atom stereocenters. The average Bonchev–Trinajstić information content (AvgIpc) is 2.84. The second-order valence-electron chi connectivity index (χ2n) is 4.77. The Bertz CT molecular complexity index is 329. The molecule has 17 heavy (non-hydrogen) atoms. The standard InChI is InChI=1S/C14H24N2S/c1-3-13-5-6-14(17-13)11-16(4-2)12-7-9-15-10-8-12/h5-6,12,15H,3-4,7-11H2,1-2H3. The second-order valence-corrected chi connectivity index (χ2v) is 6.02. The number of rotatable bonds is 5. The van der Waals surface area contributed by atoms with Gasteiger partial charge in [-0.15, -0.1) is 11.3 Å². The summed E-state index contributed by atoms with van der Waals surface area (Å²) in [4.78, 5) is 5.69. The van der Waals surface area contributed by atoms with E-state index in [2.05, 4.69) is 36.2 Å². The SMILES string of the molecule is CCc1ccc(CN(CC)C2CCNCC2)s1. The summed E-state index contributed by atoms with van der Waals surface area (Å²) in [5.74, 6) is 0. The van der Waals surface area contributed by atoms with Gasteiger partial charge in [-0.05, 0) is 51.0 Å². The molecule has 1 fully saturated rings. The predicted molar refractivity (Wildman–Crippen MR) is 75.7 cm³/mol. The molecule has 1 saturated heterocycles. The van der Waals surface area contributed by atoms with E-state index in [-0.39, 0.29) is 0 Å². The molecule has 1 aliphatic heterocycles. The van der Waals surface area contributed by atoms with Crippen LogP contribution in [0, 0.1) is 0 Å². The van der Waals surface area contributed by atoms with E-state index in [1.807, 2.05) is 11.3 Å². The Labute approximate surface area is 109 Å². The molecule has 1 aliphatic rings. The number of piperidine rings is 1. The lowest BCUT2D eigenvalue weighted by atomic mass is 10.0. The first-order valence-corrected chi connectivity index (χ1v) is 7.67. The minimum atomic E-state index is 0.786. The van der Waals surface area contributed by atoms with Crippen LogP contribution in [0.2, 0.25) is 0 Å². The molecule has 2 heterocycles. The van der Waals surface area contributed by atoms with Crippen LogP contribution in [0.4, 0.5) is 0 Å². The van der Waals surface area contributed by atoms with Crippen LogP contribution < -0.4 is 5.32 Å². The van der Waals surface area contributed by atoms with Crippen LogP contribution in [0.1, 0.15) is 36.4 Å². The number of aryl methyl sites for hydroxylation is 1. The van der Waals surface area contributed by atoms with Gasteiger partial charge in [0.25, 0.3) is 0 Å². The molecule has 2 nitrogen and oxygen atoms in total. The van der Waals surface area contributed by atoms with Crippen molar-refractivity contribution < 1.29 is 0 Å². The lowest BCUT2D eigenvalue weighted by Gasteiger charge is -2.33. The fourth-order valence-corrected chi connectivity index (χ4v) is 3.55. The van der Waals surface area contributed by atoms with Crippen LogP contribution in [-0.4, -0.2) is 30.6 Å². The third-order valence-electron chi connectivity index (χ3n) is 3.66. The highest BCUT2D eigenvalue weighted by atomic mass is 32.1. The first-order chi connectivity index (χ1) is 8.33. The van der Waals surface area contributed by atoms with Gasteiger partial charge in [-0.1, -0.05) is 13.8 Å². The maximum atomic E-state index is 3.45. The van der Waals surface area contributed by atoms with Crippen molar-refractivity contribution in [3.05, 3.63) is 21.9 Å². The minimum absolute atomic E-state index is 0.786. The summed E-state index contributed by atoms with van der Waals surface area (Å²) < 4.78 is 0. The predicted octanol–water partition coefficient (Wildman–Crippen LogP) is 2.88. The highest BCUT2D eigenvalue weighted by Gasteiger charge is 2.19. The molecule has 0 spiro atoms. The third-order valence-corrected chi connectivity index (χ3v) is 4.87. The Hall–Kier alpha value is -0.380. The van der Waals surface area contributed by atoms with E-state index in [1.165, 1.54) is 48.7 Å². The topological polar surface area (TPSA) is 15.3 Å². The Morgan fingerprint density at radius 2 is 1.94 bits per heavy atom. The van der Waals surface area contributed by atoms with Gasteiger partial charge in [-0.25, -0.2) is 0 Å². The van der Waals surface area contributed by atoms with Gasteiger partial charge < -0.3 is 5.32 Å². The average molecular weight is 252 g/mol. The number of thiophene rings is 1. The number of nitrogens with zero attached hydrogens (tertiary/aromatic N) is 1. The number of hydrogen-bond acceptors (Lipinski definition) is 3. The summed E-state index contributed by atoms with van der Waals surface area (Å²) in [7, 11) is 0. The van der Waals surface area contributed by atoms with Crippen LogP contribution in [0.5, 0.6) is 0 Å². The molecular weight excluding hydrogens is 228 g/mol. The molecule has 3 heteroatoms. The van der Waals surface area contributed by atoms with E-state index in [9.17, 15) is 0 Å². The van der Waals surface area contributed by atoms with Gasteiger partial charge in [-0.3, -0.25) is 4.90 Å². The van der Waals surface area contributed by atoms with Gasteiger partial charge in [0.1, 0.15) is 0 Å². The fourth-order valence-electron chi connectivity index (χ4n) is 2.57. The largest absolute Gasteiger partial charge is 0.317 e. The van der Waals surface area contributed by atoms with Gasteiger partial charge in [0, 0.05) is 22.3 Å². The van der Waals surface area contributed by atoms with Crippen LogP contribution in [0.15, 0.2) is 12.1 Å². The normalized spacial score (nSPS) is 17.8. The molecule has 0 radical (unpaired) electrons. The van der Waals surface area contributed by atoms with Crippen molar-refractivity contribution in [3.63, 3.8) is 0 Å². The molecule has 0 atom stereocenters. The molecular formula is C14H24N2S. The highest BCUT2D eigenvalue weighted by molar-refractivity contribution is 7.11. The minimum Gasteiger partial charge on any atom is -0.317 e. The molecule has 1 N–H and O–H groups in total. The van der Waals surface area contributed by atoms with Crippen molar-refractivity contribution in [2.45, 2.75) is 45.7 Å². The first-order valence-electron chi connectivity index (χ1n) is 6.85. The van der Waals surface area contributed by atoms with E-state index in [0.29, 0.717) is 0 Å². The lowest BCUT2D eigenvalue weighted by molar-refractivity contribution is 0.163. The lowest BCUT2D eigenvalue weighted by Crippen LogP contribution is -2.42. The van der Waals surface area contributed by atoms with Crippen LogP contribution >= 0.6 is 11.3 Å². The van der Waals surface area contributed by atoms with Gasteiger partial charge in [0.15, 0.2) is 0 Å². The van der Waals surface area contributed by atoms with Crippen molar-refractivity contribution in [1.82, 2.24) is 10.2 Å². The highest BCUT2D eigenvalue weighted by Crippen LogP contribution is 2.21. The van der Waals surface area contributed by atoms with Crippen LogP contribution in [0.3, 0.4) is 0 Å². The zero-order chi connectivity index (χ0) is 12.1. The zero-order valence-electron chi connectivity index (χ0n) is 11.0. The Balaban J connectivity index is 1.93. The first kappa shape index (κ1) is 13.1. The summed E-state index contributed by atoms with van der Waals surface area (Å²) in [6, 6.07) is 5.39. The monoisotopic (exact) mass is 252 g/mol. The second kappa shape index (κ2) is 6.53. The van der Waals surface area contributed by atoms with Crippen molar-refractivity contribution in [2.24, 2.45) is 0 Å². The fraction of sp³-hybridized carbons (Fsp3) is 0.714. The summed E-state index contributed by atoms with van der Waals surface area (Å²) in [5.41, 5.74) is 0. The number of hydrogen-bond donors (Lipinski definition) is 1. The van der Waals surface area contributed by atoms with Crippen LogP contribution in [0.25, 0.3) is 0 Å². The van der Waals surface area contributed by atoms with E-state index in [1.54, 1.807) is 0 Å². The Kier molecular flexibility index (Phi) is 5.01. The van der Waals surface area contributed by atoms with Crippen molar-refractivity contribution >= 4 is 11.3 Å². The summed E-state index contributed by atoms with van der Waals surface area (Å²) in [6.07, 6.45) is 3.78. The molecule has 0 aliphatic carbocycles. The molecule has 2 rings (SSSR count). The molecule has 0 aromatic carbocycles. The summed E-state index contributed by atoms with van der Waals surface area (Å²) in [5, 5.41) is 3.45. The molecule has 0 amide bonds. The maximum Gasteiger partial charge on any atom is 0.0330 e. The van der Waals surface area contributed by atoms with Gasteiger partial charge >= 0.3 is 0 Å². The number of nitrogens with one attached hydrogen (secondary N) is 1. The summed E-state index contributed by atoms with van der Waals surface area (Å²) in [6.45, 7) is 9.21. The van der Waals surface area contributed by atoms with Crippen molar-refractivity contribution in [3.8, 4) is 0 Å². The Morgan fingerprint density at radius 1 is 1.24 bits per heavy atom. The molecule has 1 aromatic heterocycles. The molecule has 96 valence electrons. The molecule has 1 aromatic rings. The van der Waals surface area contributed by atoms with Gasteiger partial charge in [0.05, 0.1) is 0 Å². The smallest absolute Gasteiger partial charge is 0.0330 e. The third kappa shape index (κ3) is 3.54. The molecule has 0 bridgehead atoms. The Morgan fingerprint density at radius 3 is 2.53 bits per heavy atom. The van der Waals surface area contributed by atoms with Gasteiger partial charge in [-0.2, -0.15) is 0 Å². The van der Waals surface area contributed by atoms with Gasteiger partial charge in [0.2, 0.25) is 0 Å². The van der Waals surface area contributed by atoms with Crippen molar-refractivity contribution in [1.29, 1.82) is 0 Å². The maximum absolute atomic E-state index is 3.45.